The first kappa shape index (κ1) is 16.4. The minimum atomic E-state index is -0.339. The number of phenols is 1. The number of phenolic OH excluding ortho intramolecular Hbond substituents is 1. The van der Waals surface area contributed by atoms with Gasteiger partial charge in [-0.05, 0) is 43.3 Å². The first-order valence-corrected chi connectivity index (χ1v) is 6.91. The fraction of sp³-hybridized carbons (Fsp3) is 0.176. The van der Waals surface area contributed by atoms with Crippen molar-refractivity contribution in [1.29, 1.82) is 0 Å². The number of rotatable bonds is 5. The minimum Gasteiger partial charge on any atom is -0.504 e. The first-order chi connectivity index (χ1) is 11.0. The summed E-state index contributed by atoms with van der Waals surface area (Å²) in [5.41, 5.74) is 4.25. The summed E-state index contributed by atoms with van der Waals surface area (Å²) in [7, 11) is 3.01. The molecule has 0 radical (unpaired) electrons. The zero-order valence-electron chi connectivity index (χ0n) is 13.2. The molecule has 0 aliphatic carbocycles. The van der Waals surface area contributed by atoms with Gasteiger partial charge in [-0.2, -0.15) is 5.10 Å². The Labute approximate surface area is 134 Å². The number of nitrogens with one attached hydrogen (secondary N) is 1. The van der Waals surface area contributed by atoms with Crippen molar-refractivity contribution in [3.63, 3.8) is 0 Å². The van der Waals surface area contributed by atoms with Crippen molar-refractivity contribution in [2.24, 2.45) is 5.10 Å². The molecule has 0 spiro atoms. The number of benzene rings is 2. The van der Waals surface area contributed by atoms with Gasteiger partial charge in [0.1, 0.15) is 5.75 Å². The van der Waals surface area contributed by atoms with E-state index in [0.717, 1.165) is 5.56 Å². The third-order valence-corrected chi connectivity index (χ3v) is 3.25. The summed E-state index contributed by atoms with van der Waals surface area (Å²) in [6, 6.07) is 11.6. The second kappa shape index (κ2) is 7.31. The fourth-order valence-electron chi connectivity index (χ4n) is 1.93. The highest BCUT2D eigenvalue weighted by atomic mass is 16.5. The number of hydrazone groups is 1. The maximum Gasteiger partial charge on any atom is 0.271 e. The van der Waals surface area contributed by atoms with Crippen LogP contribution in [0.3, 0.4) is 0 Å². The smallest absolute Gasteiger partial charge is 0.271 e. The van der Waals surface area contributed by atoms with Crippen LogP contribution in [-0.4, -0.2) is 30.9 Å². The van der Waals surface area contributed by atoms with Gasteiger partial charge in [0, 0.05) is 11.1 Å². The lowest BCUT2D eigenvalue weighted by Crippen LogP contribution is -2.19. The predicted octanol–water partition coefficient (Wildman–Crippen LogP) is 2.56. The number of carbonyl (C=O) groups excluding carboxylic acids is 1. The molecule has 0 saturated carbocycles. The number of nitrogens with zero attached hydrogens (tertiary/aromatic N) is 1. The van der Waals surface area contributed by atoms with Crippen LogP contribution in [0.25, 0.3) is 0 Å². The number of ether oxygens (including phenoxy) is 2. The van der Waals surface area contributed by atoms with Crippen LogP contribution in [0, 0.1) is 0 Å². The van der Waals surface area contributed by atoms with Crippen molar-refractivity contribution < 1.29 is 19.4 Å². The Morgan fingerprint density at radius 2 is 1.87 bits per heavy atom. The number of methoxy groups -OCH3 is 2. The molecule has 6 nitrogen and oxygen atoms in total. The van der Waals surface area contributed by atoms with Gasteiger partial charge in [0.15, 0.2) is 11.5 Å². The van der Waals surface area contributed by atoms with Crippen molar-refractivity contribution in [1.82, 2.24) is 5.43 Å². The minimum absolute atomic E-state index is 0.0458. The average molecular weight is 314 g/mol. The van der Waals surface area contributed by atoms with Crippen LogP contribution < -0.4 is 14.9 Å². The summed E-state index contributed by atoms with van der Waals surface area (Å²) < 4.78 is 10.1. The van der Waals surface area contributed by atoms with Gasteiger partial charge in [0.25, 0.3) is 5.91 Å². The Balaban J connectivity index is 2.13. The van der Waals surface area contributed by atoms with E-state index < -0.39 is 0 Å². The van der Waals surface area contributed by atoms with E-state index in [-0.39, 0.29) is 11.7 Å². The third-order valence-electron chi connectivity index (χ3n) is 3.25. The van der Waals surface area contributed by atoms with Gasteiger partial charge >= 0.3 is 0 Å². The molecular formula is C17H18N2O4. The lowest BCUT2D eigenvalue weighted by molar-refractivity contribution is 0.0954. The van der Waals surface area contributed by atoms with E-state index in [1.54, 1.807) is 43.3 Å². The fourth-order valence-corrected chi connectivity index (χ4v) is 1.93. The van der Waals surface area contributed by atoms with Crippen LogP contribution in [0.5, 0.6) is 17.2 Å². The molecule has 0 aliphatic heterocycles. The topological polar surface area (TPSA) is 80.2 Å². The van der Waals surface area contributed by atoms with Crippen molar-refractivity contribution in [3.8, 4) is 17.2 Å². The van der Waals surface area contributed by atoms with Gasteiger partial charge in [0.2, 0.25) is 0 Å². The van der Waals surface area contributed by atoms with Crippen LogP contribution in [0.2, 0.25) is 0 Å². The zero-order valence-corrected chi connectivity index (χ0v) is 13.2. The van der Waals surface area contributed by atoms with E-state index in [2.05, 4.69) is 10.5 Å². The molecule has 6 heteroatoms. The van der Waals surface area contributed by atoms with Gasteiger partial charge in [-0.3, -0.25) is 4.79 Å². The molecule has 120 valence electrons. The summed E-state index contributed by atoms with van der Waals surface area (Å²) in [5.74, 6) is 0.649. The molecule has 2 N–H and O–H groups in total. The van der Waals surface area contributed by atoms with Gasteiger partial charge in [-0.25, -0.2) is 5.43 Å². The summed E-state index contributed by atoms with van der Waals surface area (Å²) in [6.45, 7) is 1.75. The Kier molecular flexibility index (Phi) is 5.19. The Hall–Kier alpha value is -3.02. The predicted molar refractivity (Wildman–Crippen MR) is 87.3 cm³/mol. The molecule has 2 aromatic rings. The van der Waals surface area contributed by atoms with Gasteiger partial charge in [0.05, 0.1) is 19.9 Å². The first-order valence-electron chi connectivity index (χ1n) is 6.91. The molecule has 1 amide bonds. The lowest BCUT2D eigenvalue weighted by atomic mass is 10.1. The number of aromatic hydroxyl groups is 1. The highest BCUT2D eigenvalue weighted by Gasteiger charge is 2.08. The zero-order chi connectivity index (χ0) is 16.8. The Bertz CT molecular complexity index is 741. The van der Waals surface area contributed by atoms with E-state index >= 15 is 0 Å². The Morgan fingerprint density at radius 3 is 2.57 bits per heavy atom. The van der Waals surface area contributed by atoms with Crippen LogP contribution in [-0.2, 0) is 0 Å². The number of hydrogen-bond donors (Lipinski definition) is 2. The van der Waals surface area contributed by atoms with Gasteiger partial charge in [-0.15, -0.1) is 0 Å². The average Bonchev–Trinajstić information content (AvgIpc) is 2.59. The third kappa shape index (κ3) is 4.00. The van der Waals surface area contributed by atoms with Crippen molar-refractivity contribution in [2.45, 2.75) is 6.92 Å². The van der Waals surface area contributed by atoms with Crippen molar-refractivity contribution >= 4 is 11.6 Å². The highest BCUT2D eigenvalue weighted by molar-refractivity contribution is 6.01. The van der Waals surface area contributed by atoms with Gasteiger partial charge in [-0.1, -0.05) is 6.07 Å². The van der Waals surface area contributed by atoms with Crippen molar-refractivity contribution in [3.05, 3.63) is 53.6 Å². The maximum atomic E-state index is 12.1. The molecule has 2 aromatic carbocycles. The summed E-state index contributed by atoms with van der Waals surface area (Å²) in [5, 5.41) is 13.7. The molecule has 0 aliphatic rings. The molecule has 23 heavy (non-hydrogen) atoms. The second-order valence-corrected chi connectivity index (χ2v) is 4.76. The lowest BCUT2D eigenvalue weighted by Gasteiger charge is -2.07. The summed E-state index contributed by atoms with van der Waals surface area (Å²) in [6.07, 6.45) is 0. The number of hydrogen-bond acceptors (Lipinski definition) is 5. The largest absolute Gasteiger partial charge is 0.504 e. The molecule has 0 bridgehead atoms. The van der Waals surface area contributed by atoms with Crippen LogP contribution >= 0.6 is 0 Å². The van der Waals surface area contributed by atoms with Crippen LogP contribution in [0.15, 0.2) is 47.6 Å². The summed E-state index contributed by atoms with van der Waals surface area (Å²) in [4.78, 5) is 12.1. The van der Waals surface area contributed by atoms with E-state index in [1.165, 1.54) is 20.3 Å². The molecule has 2 rings (SSSR count). The molecule has 0 aromatic heterocycles. The normalized spacial score (nSPS) is 11.0. The van der Waals surface area contributed by atoms with Crippen molar-refractivity contribution in [2.75, 3.05) is 14.2 Å². The monoisotopic (exact) mass is 314 g/mol. The van der Waals surface area contributed by atoms with Gasteiger partial charge < -0.3 is 14.6 Å². The molecule has 0 saturated heterocycles. The molecule has 0 unspecified atom stereocenters. The second-order valence-electron chi connectivity index (χ2n) is 4.76. The summed E-state index contributed by atoms with van der Waals surface area (Å²) >= 11 is 0. The highest BCUT2D eigenvalue weighted by Crippen LogP contribution is 2.26. The standard InChI is InChI=1S/C17H18N2O4/c1-11(12-7-8-15(20)16(10-12)23-3)18-19-17(21)13-5-4-6-14(9-13)22-2/h4-10,20H,1-3H3,(H,19,21). The molecule has 0 atom stereocenters. The molecular weight excluding hydrogens is 296 g/mol. The van der Waals surface area contributed by atoms with Crippen LogP contribution in [0.4, 0.5) is 0 Å². The number of carbonyl (C=O) groups is 1. The SMILES string of the molecule is COc1cccc(C(=O)NN=C(C)c2ccc(O)c(OC)c2)c1. The van der Waals surface area contributed by atoms with E-state index in [4.69, 9.17) is 9.47 Å². The van der Waals surface area contributed by atoms with Crippen LogP contribution in [0.1, 0.15) is 22.8 Å². The number of amides is 1. The maximum absolute atomic E-state index is 12.1. The molecule has 0 fully saturated rings. The molecule has 0 heterocycles. The van der Waals surface area contributed by atoms with E-state index in [0.29, 0.717) is 22.8 Å². The van der Waals surface area contributed by atoms with E-state index in [9.17, 15) is 9.90 Å². The van der Waals surface area contributed by atoms with E-state index in [1.807, 2.05) is 0 Å². The Morgan fingerprint density at radius 1 is 1.09 bits per heavy atom. The quantitative estimate of drug-likeness (QED) is 0.656.